The number of hydrogen-bond acceptors (Lipinski definition) is 5. The van der Waals surface area contributed by atoms with Crippen molar-refractivity contribution in [3.8, 4) is 0 Å². The van der Waals surface area contributed by atoms with E-state index in [4.69, 9.17) is 9.63 Å². The summed E-state index contributed by atoms with van der Waals surface area (Å²) in [6, 6.07) is 5.38. The molecule has 0 aliphatic carbocycles. The number of aryl methyl sites for hydroxylation is 1. The quantitative estimate of drug-likeness (QED) is 0.899. The van der Waals surface area contributed by atoms with Gasteiger partial charge in [0.05, 0.1) is 16.2 Å². The number of carbonyl (C=O) groups is 1. The van der Waals surface area contributed by atoms with E-state index < -0.39 is 15.8 Å². The van der Waals surface area contributed by atoms with E-state index in [1.165, 1.54) is 18.2 Å². The number of aromatic carboxylic acids is 1. The summed E-state index contributed by atoms with van der Waals surface area (Å²) in [6.45, 7) is 1.66. The Morgan fingerprint density at radius 1 is 1.40 bits per heavy atom. The van der Waals surface area contributed by atoms with E-state index >= 15 is 0 Å². The minimum absolute atomic E-state index is 0.0706. The monoisotopic (exact) mass is 359 g/mol. The van der Waals surface area contributed by atoms with Gasteiger partial charge in [-0.3, -0.25) is 0 Å². The van der Waals surface area contributed by atoms with E-state index in [1.54, 1.807) is 6.92 Å². The third-order valence-corrected chi connectivity index (χ3v) is 4.88. The highest BCUT2D eigenvalue weighted by atomic mass is 79.9. The first-order valence-electron chi connectivity index (χ1n) is 5.47. The fourth-order valence-corrected chi connectivity index (χ4v) is 3.31. The molecule has 20 heavy (non-hydrogen) atoms. The van der Waals surface area contributed by atoms with Gasteiger partial charge in [-0.2, -0.15) is 0 Å². The van der Waals surface area contributed by atoms with Crippen LogP contribution < -0.4 is 0 Å². The van der Waals surface area contributed by atoms with Crippen molar-refractivity contribution in [2.75, 3.05) is 0 Å². The lowest BCUT2D eigenvalue weighted by Crippen LogP contribution is -2.07. The van der Waals surface area contributed by atoms with Crippen molar-refractivity contribution in [2.24, 2.45) is 0 Å². The van der Waals surface area contributed by atoms with Crippen LogP contribution in [0.2, 0.25) is 0 Å². The van der Waals surface area contributed by atoms with Crippen molar-refractivity contribution in [3.63, 3.8) is 0 Å². The van der Waals surface area contributed by atoms with Gasteiger partial charge >= 0.3 is 5.97 Å². The number of hydrogen-bond donors (Lipinski definition) is 1. The number of rotatable bonds is 4. The van der Waals surface area contributed by atoms with E-state index in [9.17, 15) is 13.2 Å². The molecule has 0 fully saturated rings. The third kappa shape index (κ3) is 3.07. The molecule has 0 atom stereocenters. The molecule has 8 heteroatoms. The summed E-state index contributed by atoms with van der Waals surface area (Å²) < 4.78 is 29.5. The van der Waals surface area contributed by atoms with Crippen molar-refractivity contribution >= 4 is 31.7 Å². The molecule has 0 saturated heterocycles. The van der Waals surface area contributed by atoms with Gasteiger partial charge in [0.25, 0.3) is 0 Å². The molecule has 0 aliphatic heterocycles. The molecule has 2 aromatic rings. The molecule has 2 rings (SSSR count). The molecule has 6 nitrogen and oxygen atoms in total. The zero-order chi connectivity index (χ0) is 14.9. The Morgan fingerprint density at radius 2 is 2.10 bits per heavy atom. The summed E-state index contributed by atoms with van der Waals surface area (Å²) >= 11 is 3.06. The van der Waals surface area contributed by atoms with Crippen molar-refractivity contribution in [2.45, 2.75) is 17.6 Å². The van der Waals surface area contributed by atoms with Gasteiger partial charge < -0.3 is 9.63 Å². The third-order valence-electron chi connectivity index (χ3n) is 2.54. The van der Waals surface area contributed by atoms with Crippen LogP contribution in [0.5, 0.6) is 0 Å². The second-order valence-electron chi connectivity index (χ2n) is 4.13. The van der Waals surface area contributed by atoms with Gasteiger partial charge in [-0.05, 0) is 41.1 Å². The highest BCUT2D eigenvalue weighted by Crippen LogP contribution is 2.23. The minimum atomic E-state index is -3.68. The van der Waals surface area contributed by atoms with E-state index in [-0.39, 0.29) is 21.9 Å². The van der Waals surface area contributed by atoms with Crippen LogP contribution in [0.1, 0.15) is 21.8 Å². The number of nitrogens with zero attached hydrogens (tertiary/aromatic N) is 1. The molecule has 0 spiro atoms. The standard InChI is InChI=1S/C12H10BrNO5S/c1-7-4-8(14-19-7)6-20(17,18)9-2-3-11(13)10(5-9)12(15)16/h2-5H,6H2,1H3,(H,15,16). The lowest BCUT2D eigenvalue weighted by atomic mass is 10.2. The molecule has 0 unspecified atom stereocenters. The average Bonchev–Trinajstić information content (AvgIpc) is 2.73. The van der Waals surface area contributed by atoms with Crippen molar-refractivity contribution in [1.82, 2.24) is 5.16 Å². The largest absolute Gasteiger partial charge is 0.478 e. The van der Waals surface area contributed by atoms with E-state index in [1.807, 2.05) is 0 Å². The first-order chi connectivity index (χ1) is 9.29. The Balaban J connectivity index is 2.39. The minimum Gasteiger partial charge on any atom is -0.478 e. The molecule has 0 bridgehead atoms. The highest BCUT2D eigenvalue weighted by Gasteiger charge is 2.20. The van der Waals surface area contributed by atoms with Gasteiger partial charge in [-0.15, -0.1) is 0 Å². The summed E-state index contributed by atoms with van der Waals surface area (Å²) in [6.07, 6.45) is 0. The maximum absolute atomic E-state index is 12.2. The fourth-order valence-electron chi connectivity index (χ4n) is 1.63. The second-order valence-corrected chi connectivity index (χ2v) is 6.98. The van der Waals surface area contributed by atoms with Gasteiger partial charge in [0, 0.05) is 10.5 Å². The van der Waals surface area contributed by atoms with E-state index in [0.29, 0.717) is 10.2 Å². The maximum atomic E-state index is 12.2. The Bertz CT molecular complexity index is 766. The number of benzene rings is 1. The summed E-state index contributed by atoms with van der Waals surface area (Å²) in [5, 5.41) is 12.6. The number of carboxylic acid groups (broad SMARTS) is 1. The van der Waals surface area contributed by atoms with Gasteiger partial charge in [0.2, 0.25) is 0 Å². The molecular weight excluding hydrogens is 350 g/mol. The Hall–Kier alpha value is -1.67. The normalized spacial score (nSPS) is 11.5. The van der Waals surface area contributed by atoms with Gasteiger partial charge in [0.1, 0.15) is 11.5 Å². The lowest BCUT2D eigenvalue weighted by Gasteiger charge is -2.05. The van der Waals surface area contributed by atoms with Crippen LogP contribution in [0.25, 0.3) is 0 Å². The Labute approximate surface area is 123 Å². The Kier molecular flexibility index (Phi) is 3.96. The number of carboxylic acids is 1. The van der Waals surface area contributed by atoms with Crippen molar-refractivity contribution < 1.29 is 22.8 Å². The molecule has 0 aliphatic rings. The molecule has 1 heterocycles. The molecule has 106 valence electrons. The van der Waals surface area contributed by atoms with Crippen molar-refractivity contribution in [1.29, 1.82) is 0 Å². The van der Waals surface area contributed by atoms with Gasteiger partial charge in [0.15, 0.2) is 9.84 Å². The number of aromatic nitrogens is 1. The molecule has 1 aromatic heterocycles. The van der Waals surface area contributed by atoms with E-state index in [0.717, 1.165) is 6.07 Å². The van der Waals surface area contributed by atoms with Crippen LogP contribution in [-0.2, 0) is 15.6 Å². The first kappa shape index (κ1) is 14.7. The average molecular weight is 360 g/mol. The van der Waals surface area contributed by atoms with Crippen molar-refractivity contribution in [3.05, 3.63) is 45.8 Å². The van der Waals surface area contributed by atoms with Crippen LogP contribution >= 0.6 is 15.9 Å². The molecule has 0 radical (unpaired) electrons. The van der Waals surface area contributed by atoms with Crippen LogP contribution in [0, 0.1) is 6.92 Å². The summed E-state index contributed by atoms with van der Waals surface area (Å²) in [5.41, 5.74) is 0.171. The van der Waals surface area contributed by atoms with Gasteiger partial charge in [-0.1, -0.05) is 5.16 Å². The second kappa shape index (κ2) is 5.37. The SMILES string of the molecule is Cc1cc(CS(=O)(=O)c2ccc(Br)c(C(=O)O)c2)no1. The molecular formula is C12H10BrNO5S. The molecule has 1 aromatic carbocycles. The molecule has 1 N–H and O–H groups in total. The smallest absolute Gasteiger partial charge is 0.336 e. The zero-order valence-corrected chi connectivity index (χ0v) is 12.7. The predicted molar refractivity (Wildman–Crippen MR) is 73.2 cm³/mol. The molecule has 0 saturated carbocycles. The number of sulfone groups is 1. The predicted octanol–water partition coefficient (Wildman–Crippen LogP) is 2.42. The lowest BCUT2D eigenvalue weighted by molar-refractivity contribution is 0.0695. The van der Waals surface area contributed by atoms with E-state index in [2.05, 4.69) is 21.1 Å². The van der Waals surface area contributed by atoms with Gasteiger partial charge in [-0.25, -0.2) is 13.2 Å². The van der Waals surface area contributed by atoms with Crippen LogP contribution in [0.3, 0.4) is 0 Å². The maximum Gasteiger partial charge on any atom is 0.336 e. The zero-order valence-electron chi connectivity index (χ0n) is 10.3. The summed E-state index contributed by atoms with van der Waals surface area (Å²) in [5.74, 6) is -1.03. The number of halogens is 1. The summed E-state index contributed by atoms with van der Waals surface area (Å²) in [7, 11) is -3.68. The van der Waals surface area contributed by atoms with Crippen LogP contribution in [0.15, 0.2) is 38.2 Å². The van der Waals surface area contributed by atoms with Crippen LogP contribution in [0.4, 0.5) is 0 Å². The Morgan fingerprint density at radius 3 is 2.65 bits per heavy atom. The van der Waals surface area contributed by atoms with Crippen LogP contribution in [-0.4, -0.2) is 24.7 Å². The fraction of sp³-hybridized carbons (Fsp3) is 0.167. The molecule has 0 amide bonds. The first-order valence-corrected chi connectivity index (χ1v) is 7.92. The summed E-state index contributed by atoms with van der Waals surface area (Å²) in [4.78, 5) is 10.9. The highest BCUT2D eigenvalue weighted by molar-refractivity contribution is 9.10. The topological polar surface area (TPSA) is 97.5 Å².